The summed E-state index contributed by atoms with van der Waals surface area (Å²) in [6.07, 6.45) is 5.44. The third-order valence-electron chi connectivity index (χ3n) is 3.93. The topological polar surface area (TPSA) is 9.72 Å². The largest absolute Gasteiger partial charge is 0.306 e. The molecule has 3 saturated heterocycles. The average molecular weight is 225 g/mol. The van der Waals surface area contributed by atoms with Crippen LogP contribution in [0.25, 0.3) is 0 Å². The molecule has 0 aliphatic carbocycles. The van der Waals surface area contributed by atoms with Gasteiger partial charge in [0.1, 0.15) is 0 Å². The first-order valence-electron chi connectivity index (χ1n) is 6.98. The molecule has 16 heavy (non-hydrogen) atoms. The Balaban J connectivity index is 1.89. The maximum absolute atomic E-state index is 2.67. The molecule has 0 radical (unpaired) electrons. The molecule has 0 unspecified atom stereocenters. The number of rotatable bonds is 0. The van der Waals surface area contributed by atoms with Crippen LogP contribution >= 0.6 is 0 Å². The zero-order valence-corrected chi connectivity index (χ0v) is 10.8. The first-order chi connectivity index (χ1) is 7.84. The van der Waals surface area contributed by atoms with E-state index in [1.165, 1.54) is 78.0 Å². The lowest BCUT2D eigenvalue weighted by Gasteiger charge is -2.32. The highest BCUT2D eigenvalue weighted by atomic mass is 15.2. The van der Waals surface area contributed by atoms with E-state index in [4.69, 9.17) is 0 Å². The molecule has 3 nitrogen and oxygen atoms in total. The van der Waals surface area contributed by atoms with Gasteiger partial charge in [-0.1, -0.05) is 0 Å². The molecule has 0 aromatic heterocycles. The van der Waals surface area contributed by atoms with E-state index in [-0.39, 0.29) is 0 Å². The van der Waals surface area contributed by atoms with Crippen molar-refractivity contribution in [3.8, 4) is 0 Å². The summed E-state index contributed by atoms with van der Waals surface area (Å²) in [5.41, 5.74) is 0. The molecule has 3 heteroatoms. The van der Waals surface area contributed by atoms with E-state index in [1.807, 2.05) is 0 Å². The second-order valence-corrected chi connectivity index (χ2v) is 5.40. The molecule has 94 valence electrons. The van der Waals surface area contributed by atoms with Gasteiger partial charge in [0.05, 0.1) is 0 Å². The number of hydrogen-bond acceptors (Lipinski definition) is 3. The molecule has 0 amide bonds. The van der Waals surface area contributed by atoms with Gasteiger partial charge in [-0.3, -0.25) is 0 Å². The molecule has 3 rings (SSSR count). The quantitative estimate of drug-likeness (QED) is 0.611. The Kier molecular flexibility index (Phi) is 5.07. The van der Waals surface area contributed by atoms with E-state index in [0.717, 1.165) is 0 Å². The van der Waals surface area contributed by atoms with Crippen LogP contribution in [0.2, 0.25) is 0 Å². The number of fused-ring (bicyclic) bond motifs is 10. The van der Waals surface area contributed by atoms with Gasteiger partial charge in [0.15, 0.2) is 0 Å². The van der Waals surface area contributed by atoms with Crippen LogP contribution in [0.15, 0.2) is 0 Å². The minimum Gasteiger partial charge on any atom is -0.306 e. The fraction of sp³-hybridized carbons (Fsp3) is 1.00. The number of nitrogens with zero attached hydrogens (tertiary/aromatic N) is 3. The second-order valence-electron chi connectivity index (χ2n) is 5.40. The van der Waals surface area contributed by atoms with Crippen molar-refractivity contribution in [2.75, 3.05) is 59.4 Å². The lowest BCUT2D eigenvalue weighted by molar-refractivity contribution is 0.159. The van der Waals surface area contributed by atoms with E-state index >= 15 is 0 Å². The lowest BCUT2D eigenvalue weighted by Crippen LogP contribution is -2.40. The maximum Gasteiger partial charge on any atom is -0.000653 e. The van der Waals surface area contributed by atoms with Gasteiger partial charge in [-0.15, -0.1) is 0 Å². The molecule has 3 aliphatic heterocycles. The third-order valence-corrected chi connectivity index (χ3v) is 3.93. The van der Waals surface area contributed by atoms with Crippen molar-refractivity contribution >= 4 is 0 Å². The Labute approximate surface area is 100 Å². The molecule has 2 bridgehead atoms. The zero-order chi connectivity index (χ0) is 11.2. The highest BCUT2D eigenvalue weighted by molar-refractivity contribution is 4.70. The first kappa shape index (κ1) is 12.3. The van der Waals surface area contributed by atoms with Crippen LogP contribution in [0.1, 0.15) is 25.7 Å². The molecule has 3 fully saturated rings. The highest BCUT2D eigenvalue weighted by Gasteiger charge is 2.14. The summed E-state index contributed by atoms with van der Waals surface area (Å²) < 4.78 is 0. The molecule has 3 heterocycles. The third kappa shape index (κ3) is 4.04. The highest BCUT2D eigenvalue weighted by Crippen LogP contribution is 2.07. The Morgan fingerprint density at radius 3 is 1.19 bits per heavy atom. The molecule has 0 aromatic rings. The van der Waals surface area contributed by atoms with E-state index in [2.05, 4.69) is 21.7 Å². The molecule has 0 aromatic carbocycles. The van der Waals surface area contributed by atoms with Crippen LogP contribution in [0, 0.1) is 0 Å². The van der Waals surface area contributed by atoms with Crippen LogP contribution < -0.4 is 0 Å². The molecular formula is C13H27N3. The van der Waals surface area contributed by atoms with E-state index in [0.29, 0.717) is 0 Å². The summed E-state index contributed by atoms with van der Waals surface area (Å²) in [5.74, 6) is 0. The Hall–Kier alpha value is -0.120. The van der Waals surface area contributed by atoms with Gasteiger partial charge < -0.3 is 14.7 Å². The van der Waals surface area contributed by atoms with Crippen molar-refractivity contribution < 1.29 is 0 Å². The van der Waals surface area contributed by atoms with Crippen molar-refractivity contribution in [3.63, 3.8) is 0 Å². The average Bonchev–Trinajstić information content (AvgIpc) is 2.20. The van der Waals surface area contributed by atoms with Crippen LogP contribution in [0.4, 0.5) is 0 Å². The van der Waals surface area contributed by atoms with Gasteiger partial charge in [0.25, 0.3) is 0 Å². The SMILES string of the molecule is CN1CCCN2CCCN(CCC1)CCC2. The van der Waals surface area contributed by atoms with Gasteiger partial charge in [0.2, 0.25) is 0 Å². The second kappa shape index (κ2) is 6.58. The predicted octanol–water partition coefficient (Wildman–Crippen LogP) is 1.11. The lowest BCUT2D eigenvalue weighted by atomic mass is 10.2. The minimum absolute atomic E-state index is 1.27. The van der Waals surface area contributed by atoms with Crippen molar-refractivity contribution in [3.05, 3.63) is 0 Å². The fourth-order valence-corrected chi connectivity index (χ4v) is 2.95. The summed E-state index contributed by atoms with van der Waals surface area (Å²) >= 11 is 0. The molecular weight excluding hydrogens is 198 g/mol. The molecule has 0 saturated carbocycles. The zero-order valence-electron chi connectivity index (χ0n) is 10.8. The monoisotopic (exact) mass is 225 g/mol. The summed E-state index contributed by atoms with van der Waals surface area (Å²) in [7, 11) is 2.27. The predicted molar refractivity (Wildman–Crippen MR) is 68.8 cm³/mol. The summed E-state index contributed by atoms with van der Waals surface area (Å²) in [6, 6.07) is 0. The number of hydrogen-bond donors (Lipinski definition) is 0. The van der Waals surface area contributed by atoms with E-state index < -0.39 is 0 Å². The summed E-state index contributed by atoms with van der Waals surface area (Å²) in [5, 5.41) is 0. The fourth-order valence-electron chi connectivity index (χ4n) is 2.95. The van der Waals surface area contributed by atoms with Crippen molar-refractivity contribution in [1.29, 1.82) is 0 Å². The van der Waals surface area contributed by atoms with Crippen LogP contribution in [-0.2, 0) is 0 Å². The minimum atomic E-state index is 1.27. The standard InChI is InChI=1S/C13H27N3/c1-14-6-2-8-15-10-4-12-16(9-3-7-14)13-5-11-15/h2-13H2,1H3. The smallest absolute Gasteiger partial charge is 0.000653 e. The van der Waals surface area contributed by atoms with Gasteiger partial charge >= 0.3 is 0 Å². The first-order valence-corrected chi connectivity index (χ1v) is 6.98. The molecule has 0 spiro atoms. The maximum atomic E-state index is 2.67. The van der Waals surface area contributed by atoms with Crippen LogP contribution in [0.3, 0.4) is 0 Å². The van der Waals surface area contributed by atoms with Crippen LogP contribution in [-0.4, -0.2) is 74.1 Å². The summed E-state index contributed by atoms with van der Waals surface area (Å²) in [6.45, 7) is 10.4. The van der Waals surface area contributed by atoms with Crippen LogP contribution in [0.5, 0.6) is 0 Å². The van der Waals surface area contributed by atoms with Gasteiger partial charge in [-0.2, -0.15) is 0 Å². The Morgan fingerprint density at radius 2 is 0.812 bits per heavy atom. The molecule has 3 aliphatic rings. The van der Waals surface area contributed by atoms with Gasteiger partial charge in [0, 0.05) is 0 Å². The Morgan fingerprint density at radius 1 is 0.500 bits per heavy atom. The molecule has 0 atom stereocenters. The van der Waals surface area contributed by atoms with Gasteiger partial charge in [-0.25, -0.2) is 0 Å². The van der Waals surface area contributed by atoms with Gasteiger partial charge in [-0.05, 0) is 85.1 Å². The molecule has 0 N–H and O–H groups in total. The summed E-state index contributed by atoms with van der Waals surface area (Å²) in [4.78, 5) is 7.85. The van der Waals surface area contributed by atoms with E-state index in [1.54, 1.807) is 0 Å². The van der Waals surface area contributed by atoms with Crippen molar-refractivity contribution in [1.82, 2.24) is 14.7 Å². The van der Waals surface area contributed by atoms with E-state index in [9.17, 15) is 0 Å². The van der Waals surface area contributed by atoms with Crippen molar-refractivity contribution in [2.45, 2.75) is 25.7 Å². The Bertz CT molecular complexity index is 168. The normalized spacial score (nSPS) is 35.1. The van der Waals surface area contributed by atoms with Crippen molar-refractivity contribution in [2.24, 2.45) is 0 Å².